The van der Waals surface area contributed by atoms with Crippen LogP contribution in [0.25, 0.3) is 0 Å². The molecule has 0 aliphatic heterocycles. The molecule has 0 fully saturated rings. The molecule has 6 nitrogen and oxygen atoms in total. The largest absolute Gasteiger partial charge is 0.395 e. The Bertz CT molecular complexity index is 221. The molecule has 0 aromatic heterocycles. The van der Waals surface area contributed by atoms with Crippen molar-refractivity contribution in [1.29, 1.82) is 0 Å². The number of rotatable bonds is 6. The van der Waals surface area contributed by atoms with Crippen molar-refractivity contribution in [3.05, 3.63) is 0 Å². The smallest absolute Gasteiger partial charge is 0.319 e. The molecule has 0 bridgehead atoms. The van der Waals surface area contributed by atoms with Crippen molar-refractivity contribution < 1.29 is 30.0 Å². The van der Waals surface area contributed by atoms with Crippen LogP contribution >= 0.6 is 76.3 Å². The maximum atomic E-state index is 8.12. The van der Waals surface area contributed by atoms with Crippen LogP contribution in [0.4, 0.5) is 0 Å². The van der Waals surface area contributed by atoms with Gasteiger partial charge in [0.25, 0.3) is 0 Å². The molecule has 0 heterocycles. The molecule has 3 atom stereocenters. The normalized spacial score (nSPS) is 13.9. The highest BCUT2D eigenvalue weighted by molar-refractivity contribution is 8.06. The van der Waals surface area contributed by atoms with Gasteiger partial charge in [-0.05, 0) is 11.8 Å². The summed E-state index contributed by atoms with van der Waals surface area (Å²) in [5.74, 6) is 0.953. The molecule has 3 unspecified atom stereocenters. The van der Waals surface area contributed by atoms with E-state index in [-0.39, 0.29) is 36.0 Å². The fourth-order valence-electron chi connectivity index (χ4n) is 0.146. The van der Waals surface area contributed by atoms with Crippen LogP contribution in [-0.2, 0) is 11.8 Å². The van der Waals surface area contributed by atoms with Crippen molar-refractivity contribution in [2.75, 3.05) is 37.5 Å². The van der Waals surface area contributed by atoms with E-state index in [1.54, 1.807) is 0 Å². The molecule has 0 aromatic carbocycles. The first-order valence-electron chi connectivity index (χ1n) is 5.64. The minimum absolute atomic E-state index is 0.0367. The molecule has 23 heavy (non-hydrogen) atoms. The molecule has 0 aromatic rings. The van der Waals surface area contributed by atoms with Gasteiger partial charge in [0.2, 0.25) is 0 Å². The van der Waals surface area contributed by atoms with Gasteiger partial charge in [0.1, 0.15) is 0 Å². The summed E-state index contributed by atoms with van der Waals surface area (Å²) in [6.07, 6.45) is 0. The van der Waals surface area contributed by atoms with Crippen LogP contribution < -0.4 is 0 Å². The van der Waals surface area contributed by atoms with E-state index < -0.39 is 6.72 Å². The molecule has 0 aliphatic carbocycles. The van der Waals surface area contributed by atoms with Crippen molar-refractivity contribution in [3.63, 3.8) is 0 Å². The number of hydrogen-bond donors (Lipinski definition) is 6. The summed E-state index contributed by atoms with van der Waals surface area (Å²) >= 11 is 34.9. The summed E-state index contributed by atoms with van der Waals surface area (Å²) in [5.41, 5.74) is 0. The van der Waals surface area contributed by atoms with Crippen LogP contribution in [0, 0.1) is 0 Å². The van der Waals surface area contributed by atoms with Crippen LogP contribution in [0.3, 0.4) is 0 Å². The number of hydrogen-bond acceptors (Lipinski definition) is 4. The molecule has 0 rings (SSSR count). The predicted octanol–water partition coefficient (Wildman–Crippen LogP) is 1.66. The quantitative estimate of drug-likeness (QED) is 0.242. The Morgan fingerprint density at radius 2 is 0.783 bits per heavy atom. The van der Waals surface area contributed by atoms with Gasteiger partial charge >= 0.3 is 6.72 Å². The second kappa shape index (κ2) is 24.1. The van der Waals surface area contributed by atoms with Gasteiger partial charge in [-0.1, -0.05) is 0 Å². The third kappa shape index (κ3) is 59.2. The Hall–Kier alpha value is 2.15. The Balaban J connectivity index is -0.000000105. The fraction of sp³-hybridized carbons (Fsp3) is 1.00. The number of aliphatic hydroxyl groups excluding tert-OH is 3. The van der Waals surface area contributed by atoms with Crippen LogP contribution in [0.2, 0.25) is 0 Å². The van der Waals surface area contributed by atoms with Crippen molar-refractivity contribution in [2.24, 2.45) is 0 Å². The zero-order valence-electron chi connectivity index (χ0n) is 11.8. The first-order chi connectivity index (χ1) is 10.4. The van der Waals surface area contributed by atoms with Gasteiger partial charge in [-0.2, -0.15) is 0 Å². The van der Waals surface area contributed by atoms with Gasteiger partial charge in [-0.15, -0.1) is 69.6 Å². The molecule has 14 heteroatoms. The number of alkyl halides is 6. The molecule has 0 aliphatic rings. The molecule has 0 amide bonds. The van der Waals surface area contributed by atoms with Crippen molar-refractivity contribution >= 4 is 88.1 Å². The van der Waals surface area contributed by atoms with Gasteiger partial charge in [0.05, 0.1) is 36.0 Å². The van der Waals surface area contributed by atoms with E-state index in [2.05, 4.69) is 11.8 Å². The van der Waals surface area contributed by atoms with Gasteiger partial charge < -0.3 is 30.0 Å². The standard InChI is InChI=1S/3C3H6Cl2O.H3O3PS/c3*4-1-3(5)2-6;1-4(2,3)5/h3*3,6H,1-2H2;(H3,1,2,3,5). The summed E-state index contributed by atoms with van der Waals surface area (Å²) in [4.78, 5) is 22.7. The van der Waals surface area contributed by atoms with E-state index in [4.69, 9.17) is 99.6 Å². The molecule has 0 radical (unpaired) electrons. The average Bonchev–Trinajstić information content (AvgIpc) is 2.51. The molecular weight excluding hydrogens is 480 g/mol. The lowest BCUT2D eigenvalue weighted by Crippen LogP contribution is -2.04. The van der Waals surface area contributed by atoms with Crippen LogP contribution in [0.1, 0.15) is 0 Å². The fourth-order valence-corrected chi connectivity index (χ4v) is 0.439. The lowest BCUT2D eigenvalue weighted by Gasteiger charge is -1.93. The van der Waals surface area contributed by atoms with E-state index in [1.807, 2.05) is 0 Å². The second-order valence-electron chi connectivity index (χ2n) is 3.32. The number of halogens is 6. The zero-order valence-corrected chi connectivity index (χ0v) is 18.0. The summed E-state index contributed by atoms with van der Waals surface area (Å²) in [7, 11) is 0. The van der Waals surface area contributed by atoms with Gasteiger partial charge in [-0.25, -0.2) is 0 Å². The van der Waals surface area contributed by atoms with Crippen LogP contribution in [0.5, 0.6) is 0 Å². The summed E-state index contributed by atoms with van der Waals surface area (Å²) in [6, 6.07) is 0. The lowest BCUT2D eigenvalue weighted by atomic mass is 10.5. The van der Waals surface area contributed by atoms with E-state index in [1.165, 1.54) is 0 Å². The highest BCUT2D eigenvalue weighted by Gasteiger charge is 1.96. The second-order valence-corrected chi connectivity index (χ2v) is 8.59. The maximum absolute atomic E-state index is 8.12. The monoisotopic (exact) mass is 498 g/mol. The van der Waals surface area contributed by atoms with Gasteiger partial charge in [-0.3, -0.25) is 0 Å². The van der Waals surface area contributed by atoms with E-state index in [9.17, 15) is 0 Å². The highest BCUT2D eigenvalue weighted by atomic mass is 35.5. The molecular formula is C9H21Cl6O6PS. The Morgan fingerprint density at radius 1 is 0.652 bits per heavy atom. The van der Waals surface area contributed by atoms with E-state index >= 15 is 0 Å². The Labute approximate surface area is 171 Å². The third-order valence-electron chi connectivity index (χ3n) is 1.10. The van der Waals surface area contributed by atoms with E-state index in [0.717, 1.165) is 0 Å². The maximum Gasteiger partial charge on any atom is 0.319 e. The van der Waals surface area contributed by atoms with Crippen molar-refractivity contribution in [1.82, 2.24) is 0 Å². The molecule has 0 spiro atoms. The minimum Gasteiger partial charge on any atom is -0.395 e. The Morgan fingerprint density at radius 3 is 0.783 bits per heavy atom. The average molecular weight is 501 g/mol. The summed E-state index contributed by atoms with van der Waals surface area (Å²) in [5, 5.41) is 23.5. The molecule has 146 valence electrons. The SMILES string of the molecule is OCC(Cl)CCl.OCC(Cl)CCl.OCC(Cl)CCl.OP(O)(O)=S. The van der Waals surface area contributed by atoms with Crippen LogP contribution in [-0.4, -0.2) is 83.6 Å². The lowest BCUT2D eigenvalue weighted by molar-refractivity contribution is 0.298. The van der Waals surface area contributed by atoms with Crippen molar-refractivity contribution in [2.45, 2.75) is 16.1 Å². The van der Waals surface area contributed by atoms with Crippen molar-refractivity contribution in [3.8, 4) is 0 Å². The van der Waals surface area contributed by atoms with Gasteiger partial charge in [0.15, 0.2) is 0 Å². The predicted molar refractivity (Wildman–Crippen MR) is 103 cm³/mol. The summed E-state index contributed by atoms with van der Waals surface area (Å²) < 4.78 is 0. The third-order valence-corrected chi connectivity index (χ3v) is 3.57. The first kappa shape index (κ1) is 32.8. The minimum atomic E-state index is -3.81. The molecule has 0 saturated heterocycles. The first-order valence-corrected chi connectivity index (χ1v) is 11.2. The summed E-state index contributed by atoms with van der Waals surface area (Å²) in [6.45, 7) is -3.92. The number of aliphatic hydroxyl groups is 3. The Kier molecular flexibility index (Phi) is 34.4. The highest BCUT2D eigenvalue weighted by Crippen LogP contribution is 2.26. The zero-order chi connectivity index (χ0) is 19.5. The molecule has 6 N–H and O–H groups in total. The van der Waals surface area contributed by atoms with Crippen LogP contribution in [0.15, 0.2) is 0 Å². The van der Waals surface area contributed by atoms with E-state index in [0.29, 0.717) is 17.6 Å². The molecule has 0 saturated carbocycles. The van der Waals surface area contributed by atoms with Gasteiger partial charge in [0, 0.05) is 17.6 Å². The topological polar surface area (TPSA) is 121 Å².